The van der Waals surface area contributed by atoms with Gasteiger partial charge in [-0.2, -0.15) is 5.10 Å². The molecular formula is C18H22FN5. The van der Waals surface area contributed by atoms with Gasteiger partial charge in [0.2, 0.25) is 5.95 Å². The predicted molar refractivity (Wildman–Crippen MR) is 91.3 cm³/mol. The first-order valence-corrected chi connectivity index (χ1v) is 8.74. The molecule has 2 fully saturated rings. The van der Waals surface area contributed by atoms with Crippen LogP contribution in [-0.2, 0) is 0 Å². The van der Waals surface area contributed by atoms with Gasteiger partial charge >= 0.3 is 0 Å². The molecule has 1 saturated carbocycles. The topological polar surface area (TPSA) is 45.2 Å². The maximum atomic E-state index is 13.4. The van der Waals surface area contributed by atoms with Gasteiger partial charge in [0.1, 0.15) is 5.82 Å². The van der Waals surface area contributed by atoms with Crippen LogP contribution in [0.2, 0.25) is 0 Å². The van der Waals surface area contributed by atoms with Gasteiger partial charge in [0.15, 0.2) is 0 Å². The molecule has 1 aromatic heterocycles. The molecule has 1 aliphatic heterocycles. The van der Waals surface area contributed by atoms with Crippen molar-refractivity contribution in [1.82, 2.24) is 20.1 Å². The van der Waals surface area contributed by atoms with E-state index >= 15 is 0 Å². The third kappa shape index (κ3) is 3.24. The molecule has 6 heteroatoms. The summed E-state index contributed by atoms with van der Waals surface area (Å²) in [6, 6.07) is 7.21. The van der Waals surface area contributed by atoms with Gasteiger partial charge in [-0.1, -0.05) is 25.0 Å². The van der Waals surface area contributed by atoms with E-state index in [0.29, 0.717) is 11.6 Å². The van der Waals surface area contributed by atoms with E-state index < -0.39 is 0 Å². The number of piperazine rings is 1. The molecule has 2 heterocycles. The van der Waals surface area contributed by atoms with Crippen LogP contribution in [-0.4, -0.2) is 52.3 Å². The first kappa shape index (κ1) is 15.4. The summed E-state index contributed by atoms with van der Waals surface area (Å²) in [5, 5.41) is 8.26. The van der Waals surface area contributed by atoms with Crippen molar-refractivity contribution in [2.24, 2.45) is 0 Å². The van der Waals surface area contributed by atoms with Gasteiger partial charge in [-0.15, -0.1) is 5.10 Å². The maximum Gasteiger partial charge on any atom is 0.245 e. The van der Waals surface area contributed by atoms with Crippen molar-refractivity contribution in [3.05, 3.63) is 36.3 Å². The smallest absolute Gasteiger partial charge is 0.245 e. The highest BCUT2D eigenvalue weighted by Crippen LogP contribution is 2.25. The van der Waals surface area contributed by atoms with Crippen LogP contribution in [0.3, 0.4) is 0 Å². The van der Waals surface area contributed by atoms with Crippen LogP contribution < -0.4 is 4.90 Å². The molecule has 0 spiro atoms. The number of halogens is 1. The molecule has 126 valence electrons. The van der Waals surface area contributed by atoms with Crippen LogP contribution in [0.25, 0.3) is 11.3 Å². The molecule has 2 aliphatic rings. The van der Waals surface area contributed by atoms with Crippen molar-refractivity contribution in [1.29, 1.82) is 0 Å². The van der Waals surface area contributed by atoms with Gasteiger partial charge in [-0.3, -0.25) is 4.90 Å². The molecule has 0 atom stereocenters. The van der Waals surface area contributed by atoms with Gasteiger partial charge in [0.05, 0.1) is 11.9 Å². The highest BCUT2D eigenvalue weighted by Gasteiger charge is 2.27. The zero-order valence-electron chi connectivity index (χ0n) is 13.7. The summed E-state index contributed by atoms with van der Waals surface area (Å²) in [6.07, 6.45) is 7.01. The van der Waals surface area contributed by atoms with Crippen molar-refractivity contribution >= 4 is 5.95 Å². The van der Waals surface area contributed by atoms with Crippen molar-refractivity contribution in [2.45, 2.75) is 31.7 Å². The molecule has 24 heavy (non-hydrogen) atoms. The molecule has 2 aromatic rings. The van der Waals surface area contributed by atoms with Gasteiger partial charge in [-0.25, -0.2) is 9.37 Å². The second kappa shape index (κ2) is 6.81. The Kier molecular flexibility index (Phi) is 4.38. The molecule has 5 nitrogen and oxygen atoms in total. The number of anilines is 1. The van der Waals surface area contributed by atoms with E-state index in [1.165, 1.54) is 37.8 Å². The summed E-state index contributed by atoms with van der Waals surface area (Å²) in [6.45, 7) is 3.95. The minimum absolute atomic E-state index is 0.266. The van der Waals surface area contributed by atoms with Crippen LogP contribution in [0.5, 0.6) is 0 Å². The Balaban J connectivity index is 1.46. The number of nitrogens with zero attached hydrogens (tertiary/aromatic N) is 5. The summed E-state index contributed by atoms with van der Waals surface area (Å²) >= 11 is 0. The van der Waals surface area contributed by atoms with Crippen LogP contribution >= 0.6 is 0 Å². The van der Waals surface area contributed by atoms with Crippen molar-refractivity contribution < 1.29 is 4.39 Å². The second-order valence-electron chi connectivity index (χ2n) is 6.61. The number of rotatable bonds is 3. The van der Waals surface area contributed by atoms with E-state index in [1.807, 2.05) is 6.07 Å². The van der Waals surface area contributed by atoms with E-state index in [4.69, 9.17) is 0 Å². The predicted octanol–water partition coefficient (Wildman–Crippen LogP) is 2.74. The second-order valence-corrected chi connectivity index (χ2v) is 6.61. The lowest BCUT2D eigenvalue weighted by molar-refractivity contribution is 0.187. The fraction of sp³-hybridized carbons (Fsp3) is 0.500. The molecular weight excluding hydrogens is 305 g/mol. The van der Waals surface area contributed by atoms with Crippen LogP contribution in [0.15, 0.2) is 30.5 Å². The first-order chi connectivity index (χ1) is 11.8. The third-order valence-corrected chi connectivity index (χ3v) is 5.11. The molecule has 0 N–H and O–H groups in total. The average Bonchev–Trinajstić information content (AvgIpc) is 3.17. The molecule has 1 aromatic carbocycles. The number of hydrogen-bond acceptors (Lipinski definition) is 5. The first-order valence-electron chi connectivity index (χ1n) is 8.74. The monoisotopic (exact) mass is 327 g/mol. The number of hydrogen-bond donors (Lipinski definition) is 0. The van der Waals surface area contributed by atoms with Crippen molar-refractivity contribution in [2.75, 3.05) is 31.1 Å². The van der Waals surface area contributed by atoms with Crippen molar-refractivity contribution in [3.8, 4) is 11.3 Å². The fourth-order valence-electron chi connectivity index (χ4n) is 3.77. The van der Waals surface area contributed by atoms with Gasteiger partial charge < -0.3 is 4.90 Å². The minimum atomic E-state index is -0.266. The van der Waals surface area contributed by atoms with E-state index in [-0.39, 0.29) is 5.82 Å². The lowest BCUT2D eigenvalue weighted by Gasteiger charge is -2.37. The number of benzene rings is 1. The van der Waals surface area contributed by atoms with Gasteiger partial charge in [0, 0.05) is 37.8 Å². The Labute approximate surface area is 141 Å². The molecule has 0 amide bonds. The van der Waals surface area contributed by atoms with Crippen LogP contribution in [0, 0.1) is 5.82 Å². The van der Waals surface area contributed by atoms with E-state index in [0.717, 1.165) is 37.8 Å². The highest BCUT2D eigenvalue weighted by atomic mass is 19.1. The summed E-state index contributed by atoms with van der Waals surface area (Å²) in [5.74, 6) is 0.376. The third-order valence-electron chi connectivity index (χ3n) is 5.11. The molecule has 1 aliphatic carbocycles. The van der Waals surface area contributed by atoms with Gasteiger partial charge in [-0.05, 0) is 25.0 Å². The van der Waals surface area contributed by atoms with Crippen LogP contribution in [0.1, 0.15) is 25.7 Å². The quantitative estimate of drug-likeness (QED) is 0.867. The molecule has 0 radical (unpaired) electrons. The zero-order chi connectivity index (χ0) is 16.4. The summed E-state index contributed by atoms with van der Waals surface area (Å²) < 4.78 is 13.4. The molecule has 4 rings (SSSR count). The largest absolute Gasteiger partial charge is 0.337 e. The summed E-state index contributed by atoms with van der Waals surface area (Å²) in [5.41, 5.74) is 1.40. The lowest BCUT2D eigenvalue weighted by atomic mass is 10.1. The Morgan fingerprint density at radius 3 is 2.58 bits per heavy atom. The summed E-state index contributed by atoms with van der Waals surface area (Å²) in [4.78, 5) is 9.38. The average molecular weight is 327 g/mol. The molecule has 1 saturated heterocycles. The lowest BCUT2D eigenvalue weighted by Crippen LogP contribution is -2.50. The normalized spacial score (nSPS) is 19.8. The standard InChI is InChI=1S/C18H22FN5/c19-15-5-3-4-14(12-15)17-13-20-22-18(21-17)24-10-8-23(9-11-24)16-6-1-2-7-16/h3-5,12-13,16H,1-2,6-11H2. The van der Waals surface area contributed by atoms with E-state index in [9.17, 15) is 4.39 Å². The fourth-order valence-corrected chi connectivity index (χ4v) is 3.77. The maximum absolute atomic E-state index is 13.4. The van der Waals surface area contributed by atoms with E-state index in [2.05, 4.69) is 25.0 Å². The molecule has 0 unspecified atom stereocenters. The Morgan fingerprint density at radius 1 is 1.04 bits per heavy atom. The highest BCUT2D eigenvalue weighted by molar-refractivity contribution is 5.59. The van der Waals surface area contributed by atoms with Gasteiger partial charge in [0.25, 0.3) is 0 Å². The number of aromatic nitrogens is 3. The zero-order valence-corrected chi connectivity index (χ0v) is 13.7. The van der Waals surface area contributed by atoms with Crippen LogP contribution in [0.4, 0.5) is 10.3 Å². The Hall–Kier alpha value is -2.08. The van der Waals surface area contributed by atoms with E-state index in [1.54, 1.807) is 12.3 Å². The van der Waals surface area contributed by atoms with Crippen molar-refractivity contribution in [3.63, 3.8) is 0 Å². The minimum Gasteiger partial charge on any atom is -0.337 e. The Bertz CT molecular complexity index is 693. The Morgan fingerprint density at radius 2 is 1.83 bits per heavy atom. The molecule has 0 bridgehead atoms. The SMILES string of the molecule is Fc1cccc(-c2cnnc(N3CCN(C4CCCC4)CC3)n2)c1. The summed E-state index contributed by atoms with van der Waals surface area (Å²) in [7, 11) is 0.